The van der Waals surface area contributed by atoms with Gasteiger partial charge in [0, 0.05) is 30.1 Å². The van der Waals surface area contributed by atoms with E-state index >= 15 is 0 Å². The Hall–Kier alpha value is -4.11. The van der Waals surface area contributed by atoms with Crippen molar-refractivity contribution in [2.24, 2.45) is 11.3 Å². The minimum Gasteiger partial charge on any atom is -0.389 e. The quantitative estimate of drug-likeness (QED) is 0.275. The summed E-state index contributed by atoms with van der Waals surface area (Å²) in [6, 6.07) is 9.92. The third-order valence-electron chi connectivity index (χ3n) is 7.65. The van der Waals surface area contributed by atoms with Crippen LogP contribution in [0.5, 0.6) is 0 Å². The molecule has 2 fully saturated rings. The number of hydrogen-bond donors (Lipinski definition) is 4. The summed E-state index contributed by atoms with van der Waals surface area (Å²) in [5.41, 5.74) is 0.753. The van der Waals surface area contributed by atoms with Crippen molar-refractivity contribution in [1.29, 1.82) is 0 Å². The molecule has 0 bridgehead atoms. The van der Waals surface area contributed by atoms with Crippen LogP contribution in [0.2, 0.25) is 5.02 Å². The Labute approximate surface area is 232 Å². The topological polar surface area (TPSA) is 125 Å². The number of aliphatic hydroxyl groups excluding tert-OH is 2. The Kier molecular flexibility index (Phi) is 6.41. The van der Waals surface area contributed by atoms with Crippen LogP contribution in [0, 0.1) is 34.8 Å². The molecule has 2 aromatic heterocycles. The second kappa shape index (κ2) is 9.82. The van der Waals surface area contributed by atoms with Crippen LogP contribution in [0.25, 0.3) is 11.2 Å². The number of nitrogens with zero attached hydrogens (tertiary/aromatic N) is 4. The third-order valence-corrected chi connectivity index (χ3v) is 7.89. The number of imidazole rings is 1. The molecule has 0 spiro atoms. The van der Waals surface area contributed by atoms with Crippen molar-refractivity contribution in [1.82, 2.24) is 24.8 Å². The minimum absolute atomic E-state index is 0.0639. The van der Waals surface area contributed by atoms with Gasteiger partial charge in [0.15, 0.2) is 28.6 Å². The number of anilines is 1. The summed E-state index contributed by atoms with van der Waals surface area (Å²) in [5.74, 6) is 3.29. The first-order valence-corrected chi connectivity index (χ1v) is 12.9. The third kappa shape index (κ3) is 4.25. The van der Waals surface area contributed by atoms with E-state index in [1.807, 2.05) is 12.1 Å². The lowest BCUT2D eigenvalue weighted by Gasteiger charge is -2.23. The normalized spacial score (nSPS) is 24.8. The van der Waals surface area contributed by atoms with Gasteiger partial charge in [-0.15, -0.1) is 0 Å². The van der Waals surface area contributed by atoms with Crippen molar-refractivity contribution in [2.75, 3.05) is 12.4 Å². The average molecular weight is 565 g/mol. The molecule has 5 atom stereocenters. The number of fused-ring (bicyclic) bond motifs is 2. The molecule has 2 aliphatic rings. The number of amides is 1. The fourth-order valence-electron chi connectivity index (χ4n) is 5.64. The molecule has 2 aromatic carbocycles. The second-order valence-corrected chi connectivity index (χ2v) is 10.4. The Balaban J connectivity index is 1.42. The van der Waals surface area contributed by atoms with Gasteiger partial charge in [-0.3, -0.25) is 4.79 Å². The molecule has 4 N–H and O–H groups in total. The largest absolute Gasteiger partial charge is 0.389 e. The predicted octanol–water partition coefficient (Wildman–Crippen LogP) is 2.80. The summed E-state index contributed by atoms with van der Waals surface area (Å²) in [7, 11) is 1.49. The molecule has 5 unspecified atom stereocenters. The highest BCUT2D eigenvalue weighted by Gasteiger charge is 2.75. The molecule has 2 heterocycles. The van der Waals surface area contributed by atoms with Crippen LogP contribution in [0.1, 0.15) is 29.4 Å². The van der Waals surface area contributed by atoms with E-state index < -0.39 is 35.3 Å². The van der Waals surface area contributed by atoms with Gasteiger partial charge < -0.3 is 25.4 Å². The van der Waals surface area contributed by atoms with Gasteiger partial charge in [-0.25, -0.2) is 23.7 Å². The summed E-state index contributed by atoms with van der Waals surface area (Å²) in [6.45, 7) is 0.350. The van der Waals surface area contributed by atoms with Crippen LogP contribution in [0.3, 0.4) is 0 Å². The molecule has 2 saturated carbocycles. The van der Waals surface area contributed by atoms with Crippen LogP contribution >= 0.6 is 11.6 Å². The number of aromatic nitrogens is 4. The first-order chi connectivity index (χ1) is 19.2. The van der Waals surface area contributed by atoms with Crippen LogP contribution in [0.4, 0.5) is 14.6 Å². The molecule has 40 heavy (non-hydrogen) atoms. The molecule has 204 valence electrons. The van der Waals surface area contributed by atoms with Gasteiger partial charge in [-0.2, -0.15) is 0 Å². The molecular formula is C28H23ClF2N6O3. The van der Waals surface area contributed by atoms with Crippen LogP contribution < -0.4 is 10.6 Å². The fourth-order valence-corrected chi connectivity index (χ4v) is 5.85. The van der Waals surface area contributed by atoms with Crippen LogP contribution in [-0.4, -0.2) is 54.9 Å². The summed E-state index contributed by atoms with van der Waals surface area (Å²) in [5, 5.41) is 28.2. The van der Waals surface area contributed by atoms with Crippen molar-refractivity contribution in [2.45, 2.75) is 31.2 Å². The molecule has 4 aromatic rings. The van der Waals surface area contributed by atoms with E-state index in [1.165, 1.54) is 19.4 Å². The summed E-state index contributed by atoms with van der Waals surface area (Å²) >= 11 is 6.12. The summed E-state index contributed by atoms with van der Waals surface area (Å²) in [4.78, 5) is 26.2. The lowest BCUT2D eigenvalue weighted by molar-refractivity contribution is -0.132. The van der Waals surface area contributed by atoms with Crippen molar-refractivity contribution >= 4 is 34.5 Å². The number of hydrogen-bond acceptors (Lipinski definition) is 7. The Bertz CT molecular complexity index is 1720. The highest BCUT2D eigenvalue weighted by molar-refractivity contribution is 6.30. The van der Waals surface area contributed by atoms with Crippen LogP contribution in [0.15, 0.2) is 48.8 Å². The van der Waals surface area contributed by atoms with Crippen LogP contribution in [-0.2, 0) is 11.3 Å². The lowest BCUT2D eigenvalue weighted by atomic mass is 9.98. The molecular weight excluding hydrogens is 542 g/mol. The Morgan fingerprint density at radius 1 is 1.18 bits per heavy atom. The van der Waals surface area contributed by atoms with E-state index in [0.29, 0.717) is 35.0 Å². The molecule has 1 amide bonds. The van der Waals surface area contributed by atoms with Crippen molar-refractivity contribution in [3.05, 3.63) is 82.4 Å². The number of benzene rings is 2. The highest BCUT2D eigenvalue weighted by Crippen LogP contribution is 2.67. The first-order valence-electron chi connectivity index (χ1n) is 12.5. The first kappa shape index (κ1) is 26.1. The van der Waals surface area contributed by atoms with E-state index in [2.05, 4.69) is 37.4 Å². The monoisotopic (exact) mass is 564 g/mol. The average Bonchev–Trinajstić information content (AvgIpc) is 3.48. The van der Waals surface area contributed by atoms with E-state index in [0.717, 1.165) is 17.7 Å². The lowest BCUT2D eigenvalue weighted by Crippen LogP contribution is -2.41. The fraction of sp³-hybridized carbons (Fsp3) is 0.286. The number of rotatable bonds is 5. The maximum atomic E-state index is 13.7. The van der Waals surface area contributed by atoms with Gasteiger partial charge in [-0.1, -0.05) is 29.7 Å². The summed E-state index contributed by atoms with van der Waals surface area (Å²) in [6.07, 6.45) is -0.587. The Morgan fingerprint density at radius 3 is 2.75 bits per heavy atom. The molecule has 0 aliphatic heterocycles. The summed E-state index contributed by atoms with van der Waals surface area (Å²) < 4.78 is 28.7. The van der Waals surface area contributed by atoms with E-state index in [4.69, 9.17) is 11.6 Å². The Morgan fingerprint density at radius 2 is 2.00 bits per heavy atom. The molecule has 12 heteroatoms. The van der Waals surface area contributed by atoms with Gasteiger partial charge in [0.25, 0.3) is 0 Å². The number of nitrogens with one attached hydrogen (secondary N) is 2. The molecule has 0 radical (unpaired) electrons. The van der Waals surface area contributed by atoms with E-state index in [1.54, 1.807) is 16.7 Å². The van der Waals surface area contributed by atoms with Gasteiger partial charge in [0.05, 0.1) is 23.9 Å². The van der Waals surface area contributed by atoms with Crippen molar-refractivity contribution in [3.8, 4) is 11.8 Å². The SMILES string of the molecule is CNC(=O)C12CC1C(n1cnc3c(NCc4cccc(Cl)c4)nc(C#Cc4ccc(F)c(F)c4)nc31)C(O)C2O. The molecule has 0 saturated heterocycles. The smallest absolute Gasteiger partial charge is 0.229 e. The second-order valence-electron chi connectivity index (χ2n) is 9.94. The van der Waals surface area contributed by atoms with Gasteiger partial charge in [0.1, 0.15) is 6.10 Å². The maximum absolute atomic E-state index is 13.7. The van der Waals surface area contributed by atoms with Crippen molar-refractivity contribution in [3.63, 3.8) is 0 Å². The maximum Gasteiger partial charge on any atom is 0.229 e. The zero-order chi connectivity index (χ0) is 28.2. The molecule has 6 rings (SSSR count). The molecule has 9 nitrogen and oxygen atoms in total. The number of halogens is 3. The van der Waals surface area contributed by atoms with Gasteiger partial charge in [-0.05, 0) is 48.2 Å². The van der Waals surface area contributed by atoms with E-state index in [9.17, 15) is 23.8 Å². The standard InChI is InChI=1S/C28H23ClF2N6O3/c1-32-27(40)28-11-17(28)22(23(38)24(28)39)37-13-34-21-25(33-12-15-3-2-4-16(29)9-15)35-20(36-26(21)37)8-6-14-5-7-18(30)19(31)10-14/h2-5,7,9-10,13,17,22-24,38-39H,11-12H2,1H3,(H,32,40)(H,33,35,36). The zero-order valence-corrected chi connectivity index (χ0v) is 21.8. The highest BCUT2D eigenvalue weighted by atomic mass is 35.5. The molecule has 2 aliphatic carbocycles. The zero-order valence-electron chi connectivity index (χ0n) is 21.1. The van der Waals surface area contributed by atoms with Gasteiger partial charge >= 0.3 is 0 Å². The van der Waals surface area contributed by atoms with Crippen molar-refractivity contribution < 1.29 is 23.8 Å². The number of carbonyl (C=O) groups excluding carboxylic acids is 1. The number of carbonyl (C=O) groups is 1. The minimum atomic E-state index is -1.25. The number of aliphatic hydroxyl groups is 2. The predicted molar refractivity (Wildman–Crippen MR) is 142 cm³/mol. The van der Waals surface area contributed by atoms with Gasteiger partial charge in [0.2, 0.25) is 11.7 Å². The van der Waals surface area contributed by atoms with E-state index in [-0.39, 0.29) is 23.2 Å².